The molecule has 0 bridgehead atoms. The Labute approximate surface area is 183 Å². The number of nitrogens with zero attached hydrogens (tertiary/aromatic N) is 3. The summed E-state index contributed by atoms with van der Waals surface area (Å²) in [5.41, 5.74) is 4.73. The maximum absolute atomic E-state index is 13.7. The second-order valence-corrected chi connectivity index (χ2v) is 8.40. The van der Waals surface area contributed by atoms with Crippen LogP contribution in [-0.4, -0.2) is 23.0 Å². The summed E-state index contributed by atoms with van der Waals surface area (Å²) in [5.74, 6) is -0.215. The maximum Gasteiger partial charge on any atom is 0.302 e. The molecule has 0 fully saturated rings. The Bertz CT molecular complexity index is 1210. The van der Waals surface area contributed by atoms with E-state index < -0.39 is 5.66 Å². The van der Waals surface area contributed by atoms with Crippen LogP contribution in [0.4, 0.5) is 11.4 Å². The number of hydrogen-bond acceptors (Lipinski definition) is 4. The number of benzene rings is 3. The average Bonchev–Trinajstić information content (AvgIpc) is 2.99. The van der Waals surface area contributed by atoms with E-state index in [0.29, 0.717) is 5.71 Å². The lowest BCUT2D eigenvalue weighted by Crippen LogP contribution is -2.53. The molecule has 1 atom stereocenters. The third kappa shape index (κ3) is 2.87. The summed E-state index contributed by atoms with van der Waals surface area (Å²) >= 11 is 3.49. The Balaban J connectivity index is 1.66. The molecule has 0 aliphatic carbocycles. The fraction of sp³-hybridized carbons (Fsp3) is 0.125. The lowest BCUT2D eigenvalue weighted by molar-refractivity contribution is -0.120. The fourth-order valence-corrected chi connectivity index (χ4v) is 4.05. The monoisotopic (exact) mass is 458 g/mol. The molecule has 1 N–H and O–H groups in total. The third-order valence-corrected chi connectivity index (χ3v) is 5.98. The van der Waals surface area contributed by atoms with Crippen LogP contribution in [0.5, 0.6) is 0 Å². The van der Waals surface area contributed by atoms with Gasteiger partial charge < -0.3 is 5.32 Å². The molecule has 2 aliphatic heterocycles. The van der Waals surface area contributed by atoms with Crippen molar-refractivity contribution in [2.24, 2.45) is 10.1 Å². The molecule has 0 radical (unpaired) electrons. The molecule has 2 heterocycles. The van der Waals surface area contributed by atoms with E-state index in [4.69, 9.17) is 4.99 Å². The van der Waals surface area contributed by atoms with E-state index in [1.165, 1.54) is 5.01 Å². The summed E-state index contributed by atoms with van der Waals surface area (Å²) in [6.07, 6.45) is 0. The van der Waals surface area contributed by atoms with Crippen LogP contribution < -0.4 is 10.3 Å². The molecular formula is C24H19BrN4O. The predicted molar refractivity (Wildman–Crippen MR) is 124 cm³/mol. The van der Waals surface area contributed by atoms with Crippen LogP contribution in [0.1, 0.15) is 23.6 Å². The largest absolute Gasteiger partial charge is 0.348 e. The molecule has 148 valence electrons. The molecular weight excluding hydrogens is 440 g/mol. The van der Waals surface area contributed by atoms with Gasteiger partial charge in [-0.2, -0.15) is 10.1 Å². The second kappa shape index (κ2) is 6.92. The summed E-state index contributed by atoms with van der Waals surface area (Å²) in [6, 6.07) is 23.6. The van der Waals surface area contributed by atoms with Crippen molar-refractivity contribution in [1.29, 1.82) is 0 Å². The maximum atomic E-state index is 13.7. The normalized spacial score (nSPS) is 20.0. The SMILES string of the molecule is CC1=NN(c2ccc(C)cc2)C(=O)C12N=C(c1ccc(Br)cc1)c1ccccc1N2. The van der Waals surface area contributed by atoms with Crippen LogP contribution in [0.3, 0.4) is 0 Å². The van der Waals surface area contributed by atoms with Crippen molar-refractivity contribution in [1.82, 2.24) is 0 Å². The zero-order chi connectivity index (χ0) is 20.9. The third-order valence-electron chi connectivity index (χ3n) is 5.45. The minimum atomic E-state index is -1.26. The van der Waals surface area contributed by atoms with Crippen molar-refractivity contribution >= 4 is 44.6 Å². The van der Waals surface area contributed by atoms with Crippen LogP contribution in [0.25, 0.3) is 0 Å². The minimum absolute atomic E-state index is 0.215. The number of aryl methyl sites for hydroxylation is 1. The van der Waals surface area contributed by atoms with E-state index in [2.05, 4.69) is 26.3 Å². The standard InChI is InChI=1S/C24H19BrN4O/c1-15-7-13-19(14-8-15)29-23(30)24(16(2)28-29)26-21-6-4-3-5-20(21)22(27-24)17-9-11-18(25)12-10-17/h3-14,26H,1-2H3. The molecule has 1 spiro atoms. The van der Waals surface area contributed by atoms with E-state index in [-0.39, 0.29) is 5.91 Å². The van der Waals surface area contributed by atoms with Gasteiger partial charge in [-0.25, -0.2) is 4.99 Å². The molecule has 0 saturated carbocycles. The highest BCUT2D eigenvalue weighted by atomic mass is 79.9. The highest BCUT2D eigenvalue weighted by molar-refractivity contribution is 9.10. The molecule has 5 rings (SSSR count). The smallest absolute Gasteiger partial charge is 0.302 e. The van der Waals surface area contributed by atoms with Crippen LogP contribution in [0.2, 0.25) is 0 Å². The van der Waals surface area contributed by atoms with Gasteiger partial charge in [0, 0.05) is 21.3 Å². The van der Waals surface area contributed by atoms with Crippen molar-refractivity contribution in [3.63, 3.8) is 0 Å². The molecule has 1 amide bonds. The lowest BCUT2D eigenvalue weighted by atomic mass is 9.93. The van der Waals surface area contributed by atoms with Gasteiger partial charge in [-0.1, -0.05) is 64.0 Å². The molecule has 3 aromatic carbocycles. The average molecular weight is 459 g/mol. The number of amides is 1. The quantitative estimate of drug-likeness (QED) is 0.577. The Morgan fingerprint density at radius 1 is 0.933 bits per heavy atom. The number of nitrogens with one attached hydrogen (secondary N) is 1. The molecule has 0 aromatic heterocycles. The summed E-state index contributed by atoms with van der Waals surface area (Å²) in [5, 5.41) is 9.40. The summed E-state index contributed by atoms with van der Waals surface area (Å²) in [6.45, 7) is 3.86. The van der Waals surface area contributed by atoms with Gasteiger partial charge in [0.2, 0.25) is 0 Å². The van der Waals surface area contributed by atoms with Gasteiger partial charge in [-0.05, 0) is 44.2 Å². The second-order valence-electron chi connectivity index (χ2n) is 7.49. The first-order chi connectivity index (χ1) is 14.5. The number of carbonyl (C=O) groups excluding carboxylic acids is 1. The van der Waals surface area contributed by atoms with E-state index in [9.17, 15) is 4.79 Å². The van der Waals surface area contributed by atoms with Gasteiger partial charge in [0.15, 0.2) is 0 Å². The van der Waals surface area contributed by atoms with Gasteiger partial charge in [0.1, 0.15) is 0 Å². The first-order valence-corrected chi connectivity index (χ1v) is 10.5. The van der Waals surface area contributed by atoms with Crippen molar-refractivity contribution < 1.29 is 4.79 Å². The Morgan fingerprint density at radius 3 is 2.37 bits per heavy atom. The van der Waals surface area contributed by atoms with E-state index >= 15 is 0 Å². The molecule has 2 aliphatic rings. The van der Waals surface area contributed by atoms with Crippen LogP contribution in [0.15, 0.2) is 87.4 Å². The minimum Gasteiger partial charge on any atom is -0.348 e. The van der Waals surface area contributed by atoms with E-state index in [1.54, 1.807) is 0 Å². The number of hydrogen-bond donors (Lipinski definition) is 1. The van der Waals surface area contributed by atoms with Gasteiger partial charge in [-0.3, -0.25) is 4.79 Å². The van der Waals surface area contributed by atoms with Crippen molar-refractivity contribution in [2.45, 2.75) is 19.5 Å². The Morgan fingerprint density at radius 2 is 1.63 bits per heavy atom. The highest BCUT2D eigenvalue weighted by Crippen LogP contribution is 2.37. The number of hydrazone groups is 1. The van der Waals surface area contributed by atoms with Crippen molar-refractivity contribution in [3.8, 4) is 0 Å². The van der Waals surface area contributed by atoms with Crippen molar-refractivity contribution in [3.05, 3.63) is 94.0 Å². The fourth-order valence-electron chi connectivity index (χ4n) is 3.79. The number of fused-ring (bicyclic) bond motifs is 1. The van der Waals surface area contributed by atoms with Crippen molar-refractivity contribution in [2.75, 3.05) is 10.3 Å². The zero-order valence-corrected chi connectivity index (χ0v) is 18.1. The molecule has 5 nitrogen and oxygen atoms in total. The van der Waals surface area contributed by atoms with Crippen LogP contribution >= 0.6 is 15.9 Å². The number of para-hydroxylation sites is 1. The molecule has 3 aromatic rings. The van der Waals surface area contributed by atoms with Crippen LogP contribution in [-0.2, 0) is 4.79 Å². The number of rotatable bonds is 2. The predicted octanol–water partition coefficient (Wildman–Crippen LogP) is 5.14. The Hall–Kier alpha value is -3.25. The number of aliphatic imine (C=N–C) groups is 1. The van der Waals surface area contributed by atoms with Gasteiger partial charge in [0.05, 0.1) is 17.1 Å². The van der Waals surface area contributed by atoms with E-state index in [1.807, 2.05) is 86.6 Å². The first kappa shape index (κ1) is 18.8. The van der Waals surface area contributed by atoms with Gasteiger partial charge in [0.25, 0.3) is 5.66 Å². The summed E-state index contributed by atoms with van der Waals surface area (Å²) in [4.78, 5) is 18.6. The van der Waals surface area contributed by atoms with Gasteiger partial charge in [-0.15, -0.1) is 0 Å². The Kier molecular flexibility index (Phi) is 4.33. The number of anilines is 2. The molecule has 6 heteroatoms. The molecule has 30 heavy (non-hydrogen) atoms. The van der Waals surface area contributed by atoms with E-state index in [0.717, 1.165) is 38.2 Å². The molecule has 1 unspecified atom stereocenters. The first-order valence-electron chi connectivity index (χ1n) is 9.68. The van der Waals surface area contributed by atoms with Crippen LogP contribution in [0, 0.1) is 6.92 Å². The highest BCUT2D eigenvalue weighted by Gasteiger charge is 2.52. The lowest BCUT2D eigenvalue weighted by Gasteiger charge is -2.33. The zero-order valence-electron chi connectivity index (χ0n) is 16.6. The number of carbonyl (C=O) groups is 1. The topological polar surface area (TPSA) is 57.1 Å². The summed E-state index contributed by atoms with van der Waals surface area (Å²) in [7, 11) is 0. The van der Waals surface area contributed by atoms with Gasteiger partial charge >= 0.3 is 5.91 Å². The molecule has 0 saturated heterocycles. The summed E-state index contributed by atoms with van der Waals surface area (Å²) < 4.78 is 0.990. The number of halogens is 1.